The number of halogens is 3. The average molecular weight is 392 g/mol. The fourth-order valence-electron chi connectivity index (χ4n) is 3.55. The number of pyridine rings is 2. The van der Waals surface area contributed by atoms with Crippen LogP contribution in [0.1, 0.15) is 49.7 Å². The number of nitrogens with zero attached hydrogens (tertiary/aromatic N) is 3. The van der Waals surface area contributed by atoms with E-state index in [1.807, 2.05) is 6.20 Å². The Morgan fingerprint density at radius 3 is 2.63 bits per heavy atom. The van der Waals surface area contributed by atoms with E-state index in [-0.39, 0.29) is 11.2 Å². The molecule has 0 spiro atoms. The second kappa shape index (κ2) is 7.14. The monoisotopic (exact) mass is 392 g/mol. The zero-order valence-electron chi connectivity index (χ0n) is 14.8. The molecular formula is C19H19F3N4S. The van der Waals surface area contributed by atoms with Crippen LogP contribution < -0.4 is 0 Å². The van der Waals surface area contributed by atoms with Gasteiger partial charge >= 0.3 is 6.18 Å². The van der Waals surface area contributed by atoms with Gasteiger partial charge in [-0.1, -0.05) is 19.8 Å². The number of nitrogens with one attached hydrogen (secondary N) is 1. The van der Waals surface area contributed by atoms with Crippen LogP contribution in [0.15, 0.2) is 29.4 Å². The Morgan fingerprint density at radius 1 is 1.15 bits per heavy atom. The summed E-state index contributed by atoms with van der Waals surface area (Å²) in [5.74, 6) is 1.87. The van der Waals surface area contributed by atoms with Crippen molar-refractivity contribution in [3.05, 3.63) is 35.7 Å². The van der Waals surface area contributed by atoms with E-state index >= 15 is 0 Å². The number of imidazole rings is 1. The number of fused-ring (bicyclic) bond motifs is 1. The largest absolute Gasteiger partial charge is 0.417 e. The minimum Gasteiger partial charge on any atom is -0.335 e. The molecule has 1 N–H and O–H groups in total. The fourth-order valence-corrected chi connectivity index (χ4v) is 4.37. The summed E-state index contributed by atoms with van der Waals surface area (Å²) in [7, 11) is 0. The lowest BCUT2D eigenvalue weighted by atomic mass is 9.99. The quantitative estimate of drug-likeness (QED) is 0.570. The average Bonchev–Trinajstić information content (AvgIpc) is 3.30. The lowest BCUT2D eigenvalue weighted by molar-refractivity contribution is -0.137. The lowest BCUT2D eigenvalue weighted by Crippen LogP contribution is -2.05. The van der Waals surface area contributed by atoms with Gasteiger partial charge < -0.3 is 4.98 Å². The number of hydrogen-bond acceptors (Lipinski definition) is 4. The molecule has 0 saturated heterocycles. The molecule has 0 bridgehead atoms. The molecule has 4 rings (SSSR count). The summed E-state index contributed by atoms with van der Waals surface area (Å²) in [6.07, 6.45) is 3.13. The van der Waals surface area contributed by atoms with Gasteiger partial charge in [-0.25, -0.2) is 9.97 Å². The zero-order chi connectivity index (χ0) is 19.0. The first kappa shape index (κ1) is 18.3. The standard InChI is InChI=1S/C19H19F3N4S/c1-2-27-15-7-12(11-5-3-4-6-11)9-23-16(15)18-25-14-8-13(19(20,21)22)10-24-17(14)26-18/h7-11H,2-6H2,1H3,(H,24,25,26). The van der Waals surface area contributed by atoms with Gasteiger partial charge in [0.25, 0.3) is 0 Å². The summed E-state index contributed by atoms with van der Waals surface area (Å²) >= 11 is 1.66. The fraction of sp³-hybridized carbons (Fsp3) is 0.421. The second-order valence-corrected chi connectivity index (χ2v) is 8.01. The van der Waals surface area contributed by atoms with E-state index in [2.05, 4.69) is 32.9 Å². The van der Waals surface area contributed by atoms with Crippen LogP contribution in [-0.2, 0) is 6.18 Å². The van der Waals surface area contributed by atoms with Gasteiger partial charge in [0, 0.05) is 17.3 Å². The van der Waals surface area contributed by atoms with Gasteiger partial charge in [0.2, 0.25) is 0 Å². The number of rotatable bonds is 4. The molecule has 1 saturated carbocycles. The highest BCUT2D eigenvalue weighted by atomic mass is 32.2. The highest BCUT2D eigenvalue weighted by Gasteiger charge is 2.31. The summed E-state index contributed by atoms with van der Waals surface area (Å²) in [5.41, 5.74) is 1.62. The highest BCUT2D eigenvalue weighted by molar-refractivity contribution is 7.99. The van der Waals surface area contributed by atoms with Crippen molar-refractivity contribution in [2.45, 2.75) is 49.6 Å². The first-order valence-corrected chi connectivity index (χ1v) is 10.0. The molecular weight excluding hydrogens is 373 g/mol. The highest BCUT2D eigenvalue weighted by Crippen LogP contribution is 2.38. The Labute approximate surface area is 159 Å². The van der Waals surface area contributed by atoms with Crippen LogP contribution in [0, 0.1) is 0 Å². The Morgan fingerprint density at radius 2 is 1.93 bits per heavy atom. The van der Waals surface area contributed by atoms with Crippen molar-refractivity contribution in [1.82, 2.24) is 19.9 Å². The zero-order valence-corrected chi connectivity index (χ0v) is 15.6. The van der Waals surface area contributed by atoms with Gasteiger partial charge in [-0.2, -0.15) is 13.2 Å². The summed E-state index contributed by atoms with van der Waals surface area (Å²) in [4.78, 5) is 16.8. The Bertz CT molecular complexity index is 961. The molecule has 142 valence electrons. The van der Waals surface area contributed by atoms with Crippen LogP contribution in [0.4, 0.5) is 13.2 Å². The molecule has 0 aliphatic heterocycles. The third-order valence-electron chi connectivity index (χ3n) is 4.89. The van der Waals surface area contributed by atoms with Gasteiger partial charge in [-0.05, 0) is 42.2 Å². The lowest BCUT2D eigenvalue weighted by Gasteiger charge is -2.12. The van der Waals surface area contributed by atoms with Gasteiger partial charge in [0.1, 0.15) is 5.69 Å². The molecule has 3 heterocycles. The first-order chi connectivity index (χ1) is 13.0. The summed E-state index contributed by atoms with van der Waals surface area (Å²) in [6, 6.07) is 3.20. The molecule has 1 fully saturated rings. The predicted octanol–water partition coefficient (Wildman–Crippen LogP) is 5.81. The molecule has 3 aromatic rings. The van der Waals surface area contributed by atoms with Gasteiger partial charge in [0.05, 0.1) is 11.1 Å². The number of aromatic nitrogens is 4. The van der Waals surface area contributed by atoms with Crippen molar-refractivity contribution < 1.29 is 13.2 Å². The molecule has 8 heteroatoms. The van der Waals surface area contributed by atoms with Crippen molar-refractivity contribution in [3.63, 3.8) is 0 Å². The van der Waals surface area contributed by atoms with Crippen LogP contribution in [0.25, 0.3) is 22.7 Å². The van der Waals surface area contributed by atoms with Crippen molar-refractivity contribution in [2.24, 2.45) is 0 Å². The Balaban J connectivity index is 1.75. The number of thioether (sulfide) groups is 1. The van der Waals surface area contributed by atoms with E-state index in [1.165, 1.54) is 31.2 Å². The number of aromatic amines is 1. The minimum absolute atomic E-state index is 0.257. The molecule has 0 radical (unpaired) electrons. The van der Waals surface area contributed by atoms with Gasteiger partial charge in [-0.3, -0.25) is 4.98 Å². The van der Waals surface area contributed by atoms with E-state index in [1.54, 1.807) is 11.8 Å². The van der Waals surface area contributed by atoms with Gasteiger partial charge in [-0.15, -0.1) is 11.8 Å². The summed E-state index contributed by atoms with van der Waals surface area (Å²) in [6.45, 7) is 2.06. The molecule has 0 atom stereocenters. The SMILES string of the molecule is CCSc1cc(C2CCCC2)cnc1-c1nc2ncc(C(F)(F)F)cc2[nH]1. The smallest absolute Gasteiger partial charge is 0.335 e. The molecule has 0 amide bonds. The van der Waals surface area contributed by atoms with Crippen molar-refractivity contribution >= 4 is 22.9 Å². The second-order valence-electron chi connectivity index (χ2n) is 6.71. The van der Waals surface area contributed by atoms with Crippen LogP contribution in [-0.4, -0.2) is 25.7 Å². The van der Waals surface area contributed by atoms with E-state index in [9.17, 15) is 13.2 Å². The van der Waals surface area contributed by atoms with Crippen LogP contribution in [0.5, 0.6) is 0 Å². The van der Waals surface area contributed by atoms with Crippen molar-refractivity contribution in [2.75, 3.05) is 5.75 Å². The number of H-pyrrole nitrogens is 1. The molecule has 0 unspecified atom stereocenters. The maximum atomic E-state index is 12.9. The normalized spacial score (nSPS) is 15.7. The third-order valence-corrected chi connectivity index (χ3v) is 5.80. The van der Waals surface area contributed by atoms with Gasteiger partial charge in [0.15, 0.2) is 11.5 Å². The Kier molecular flexibility index (Phi) is 4.84. The van der Waals surface area contributed by atoms with E-state index in [0.29, 0.717) is 17.4 Å². The van der Waals surface area contributed by atoms with Crippen molar-refractivity contribution in [1.29, 1.82) is 0 Å². The molecule has 4 nitrogen and oxygen atoms in total. The summed E-state index contributed by atoms with van der Waals surface area (Å²) in [5, 5.41) is 0. The van der Waals surface area contributed by atoms with Crippen LogP contribution in [0.3, 0.4) is 0 Å². The molecule has 0 aromatic carbocycles. The maximum Gasteiger partial charge on any atom is 0.417 e. The van der Waals surface area contributed by atoms with E-state index in [4.69, 9.17) is 0 Å². The first-order valence-electron chi connectivity index (χ1n) is 9.01. The number of alkyl halides is 3. The number of hydrogen-bond donors (Lipinski definition) is 1. The minimum atomic E-state index is -4.43. The topological polar surface area (TPSA) is 54.5 Å². The van der Waals surface area contributed by atoms with Crippen LogP contribution in [0.2, 0.25) is 0 Å². The van der Waals surface area contributed by atoms with E-state index < -0.39 is 11.7 Å². The molecule has 1 aliphatic carbocycles. The van der Waals surface area contributed by atoms with E-state index in [0.717, 1.165) is 22.9 Å². The Hall–Kier alpha value is -2.09. The summed E-state index contributed by atoms with van der Waals surface area (Å²) < 4.78 is 38.7. The molecule has 1 aliphatic rings. The van der Waals surface area contributed by atoms with Crippen LogP contribution >= 0.6 is 11.8 Å². The van der Waals surface area contributed by atoms with Crippen molar-refractivity contribution in [3.8, 4) is 11.5 Å². The predicted molar refractivity (Wildman–Crippen MR) is 99.7 cm³/mol. The molecule has 3 aromatic heterocycles. The third kappa shape index (κ3) is 3.67. The molecule has 27 heavy (non-hydrogen) atoms. The maximum absolute atomic E-state index is 12.9.